The molecule has 0 spiro atoms. The molecule has 0 heterocycles. The minimum Gasteiger partial charge on any atom is -0.321 e. The Hall–Kier alpha value is -1.15. The van der Waals surface area contributed by atoms with Crippen molar-refractivity contribution in [3.63, 3.8) is 0 Å². The van der Waals surface area contributed by atoms with Crippen LogP contribution in [0.4, 0.5) is 0 Å². The first-order chi connectivity index (χ1) is 7.30. The summed E-state index contributed by atoms with van der Waals surface area (Å²) in [7, 11) is 0. The van der Waals surface area contributed by atoms with Crippen molar-refractivity contribution in [3.05, 3.63) is 35.4 Å². The van der Waals surface area contributed by atoms with Crippen molar-refractivity contribution in [3.8, 4) is 0 Å². The van der Waals surface area contributed by atoms with Gasteiger partial charge >= 0.3 is 0 Å². The van der Waals surface area contributed by atoms with E-state index in [-0.39, 0.29) is 17.2 Å². The van der Waals surface area contributed by atoms with Crippen molar-refractivity contribution >= 4 is 5.78 Å². The zero-order valence-corrected chi connectivity index (χ0v) is 10.6. The summed E-state index contributed by atoms with van der Waals surface area (Å²) in [5.41, 5.74) is 8.31. The molecule has 0 aliphatic rings. The fourth-order valence-electron chi connectivity index (χ4n) is 1.54. The third kappa shape index (κ3) is 3.46. The molecule has 2 nitrogen and oxygen atoms in total. The van der Waals surface area contributed by atoms with E-state index in [1.165, 1.54) is 12.5 Å². The molecule has 2 heteroatoms. The van der Waals surface area contributed by atoms with Crippen LogP contribution in [-0.2, 0) is 16.6 Å². The summed E-state index contributed by atoms with van der Waals surface area (Å²) in [6.45, 7) is 8.09. The van der Waals surface area contributed by atoms with Crippen molar-refractivity contribution in [2.75, 3.05) is 0 Å². The lowest BCUT2D eigenvalue weighted by molar-refractivity contribution is -0.118. The van der Waals surface area contributed by atoms with Gasteiger partial charge in [-0.2, -0.15) is 0 Å². The lowest BCUT2D eigenvalue weighted by atomic mass is 9.86. The van der Waals surface area contributed by atoms with Crippen LogP contribution in [0, 0.1) is 0 Å². The van der Waals surface area contributed by atoms with E-state index in [4.69, 9.17) is 5.73 Å². The molecule has 1 aromatic rings. The van der Waals surface area contributed by atoms with Crippen LogP contribution in [0.1, 0.15) is 38.8 Å². The topological polar surface area (TPSA) is 43.1 Å². The Bertz CT molecular complexity index is 359. The van der Waals surface area contributed by atoms with E-state index in [0.717, 1.165) is 5.56 Å². The highest BCUT2D eigenvalue weighted by Gasteiger charge is 2.14. The van der Waals surface area contributed by atoms with E-state index < -0.39 is 0 Å². The van der Waals surface area contributed by atoms with E-state index in [2.05, 4.69) is 45.0 Å². The zero-order chi connectivity index (χ0) is 12.3. The second kappa shape index (κ2) is 4.79. The number of ketones is 1. The second-order valence-corrected chi connectivity index (χ2v) is 5.37. The number of benzene rings is 1. The number of nitrogens with two attached hydrogens (primary N) is 1. The first kappa shape index (κ1) is 12.9. The van der Waals surface area contributed by atoms with E-state index in [1.54, 1.807) is 0 Å². The van der Waals surface area contributed by atoms with Gasteiger partial charge in [0, 0.05) is 0 Å². The monoisotopic (exact) mass is 219 g/mol. The molecule has 1 aromatic carbocycles. The molecule has 88 valence electrons. The van der Waals surface area contributed by atoms with Gasteiger partial charge in [-0.05, 0) is 29.9 Å². The minimum atomic E-state index is -0.375. The van der Waals surface area contributed by atoms with Gasteiger partial charge in [0.25, 0.3) is 0 Å². The third-order valence-corrected chi connectivity index (χ3v) is 2.80. The predicted molar refractivity (Wildman–Crippen MR) is 67.5 cm³/mol. The van der Waals surface area contributed by atoms with Crippen LogP contribution in [0.5, 0.6) is 0 Å². The van der Waals surface area contributed by atoms with Crippen LogP contribution in [-0.4, -0.2) is 11.8 Å². The maximum absolute atomic E-state index is 11.0. The molecule has 0 saturated carbocycles. The fraction of sp³-hybridized carbons (Fsp3) is 0.500. The van der Waals surface area contributed by atoms with Crippen LogP contribution in [0.2, 0.25) is 0 Å². The Morgan fingerprint density at radius 1 is 1.25 bits per heavy atom. The summed E-state index contributed by atoms with van der Waals surface area (Å²) < 4.78 is 0. The van der Waals surface area contributed by atoms with Gasteiger partial charge in [-0.1, -0.05) is 45.0 Å². The van der Waals surface area contributed by atoms with Crippen molar-refractivity contribution in [1.29, 1.82) is 0 Å². The molecule has 0 fully saturated rings. The molecular formula is C14H21NO. The first-order valence-electron chi connectivity index (χ1n) is 5.66. The maximum atomic E-state index is 11.0. The number of hydrogen-bond donors (Lipinski definition) is 1. The van der Waals surface area contributed by atoms with Gasteiger partial charge in [0.1, 0.15) is 5.78 Å². The smallest absolute Gasteiger partial charge is 0.146 e. The Kier molecular flexibility index (Phi) is 3.87. The maximum Gasteiger partial charge on any atom is 0.146 e. The first-order valence-corrected chi connectivity index (χ1v) is 5.66. The van der Waals surface area contributed by atoms with Crippen molar-refractivity contribution in [2.24, 2.45) is 5.73 Å². The van der Waals surface area contributed by atoms with Gasteiger partial charge in [0.15, 0.2) is 0 Å². The van der Waals surface area contributed by atoms with E-state index in [9.17, 15) is 4.79 Å². The average Bonchev–Trinajstić information content (AvgIpc) is 2.17. The molecule has 1 atom stereocenters. The Morgan fingerprint density at radius 3 is 2.12 bits per heavy atom. The van der Waals surface area contributed by atoms with Gasteiger partial charge in [-0.25, -0.2) is 0 Å². The second-order valence-electron chi connectivity index (χ2n) is 5.37. The molecule has 0 radical (unpaired) electrons. The molecule has 1 rings (SSSR count). The lowest BCUT2D eigenvalue weighted by Gasteiger charge is -2.19. The fourth-order valence-corrected chi connectivity index (χ4v) is 1.54. The Labute approximate surface area is 97.9 Å². The molecular weight excluding hydrogens is 198 g/mol. The number of hydrogen-bond acceptors (Lipinski definition) is 2. The normalized spacial score (nSPS) is 13.6. The molecule has 16 heavy (non-hydrogen) atoms. The van der Waals surface area contributed by atoms with Crippen LogP contribution in [0.15, 0.2) is 24.3 Å². The van der Waals surface area contributed by atoms with Crippen molar-refractivity contribution < 1.29 is 4.79 Å². The zero-order valence-electron chi connectivity index (χ0n) is 10.6. The van der Waals surface area contributed by atoms with Gasteiger partial charge in [-0.3, -0.25) is 4.79 Å². The molecule has 0 bridgehead atoms. The van der Waals surface area contributed by atoms with Gasteiger partial charge in [0.2, 0.25) is 0 Å². The Morgan fingerprint density at radius 2 is 1.75 bits per heavy atom. The third-order valence-electron chi connectivity index (χ3n) is 2.80. The summed E-state index contributed by atoms with van der Waals surface area (Å²) in [6.07, 6.45) is 0.625. The minimum absolute atomic E-state index is 0.0416. The number of Topliss-reactive ketones (excluding diaryl/α,β-unsaturated/α-hetero) is 1. The Balaban J connectivity index is 2.76. The summed E-state index contributed by atoms with van der Waals surface area (Å²) in [5, 5.41) is 0. The highest BCUT2D eigenvalue weighted by atomic mass is 16.1. The number of carbonyl (C=O) groups excluding carboxylic acids is 1. The summed E-state index contributed by atoms with van der Waals surface area (Å²) in [6, 6.07) is 7.97. The van der Waals surface area contributed by atoms with Crippen LogP contribution in [0.3, 0.4) is 0 Å². The van der Waals surface area contributed by atoms with Crippen LogP contribution >= 0.6 is 0 Å². The highest BCUT2D eigenvalue weighted by Crippen LogP contribution is 2.22. The SMILES string of the molecule is CC(=O)[C@H](N)Cc1ccc(C(C)(C)C)cc1. The van der Waals surface area contributed by atoms with Gasteiger partial charge in [0.05, 0.1) is 6.04 Å². The van der Waals surface area contributed by atoms with Crippen LogP contribution in [0.25, 0.3) is 0 Å². The number of carbonyl (C=O) groups is 1. The molecule has 0 amide bonds. The van der Waals surface area contributed by atoms with Crippen LogP contribution < -0.4 is 5.73 Å². The predicted octanol–water partition coefficient (Wildman–Crippen LogP) is 2.44. The van der Waals surface area contributed by atoms with Crippen molar-refractivity contribution in [2.45, 2.75) is 45.6 Å². The average molecular weight is 219 g/mol. The molecule has 0 aliphatic carbocycles. The standard InChI is InChI=1S/C14H21NO/c1-10(16)13(15)9-11-5-7-12(8-6-11)14(2,3)4/h5-8,13H,9,15H2,1-4H3/t13-/m1/s1. The molecule has 2 N–H and O–H groups in total. The lowest BCUT2D eigenvalue weighted by Crippen LogP contribution is -2.30. The van der Waals surface area contributed by atoms with Gasteiger partial charge in [-0.15, -0.1) is 0 Å². The quantitative estimate of drug-likeness (QED) is 0.848. The van der Waals surface area contributed by atoms with Gasteiger partial charge < -0.3 is 5.73 Å². The largest absolute Gasteiger partial charge is 0.321 e. The molecule has 0 aromatic heterocycles. The van der Waals surface area contributed by atoms with Crippen molar-refractivity contribution in [1.82, 2.24) is 0 Å². The van der Waals surface area contributed by atoms with E-state index in [0.29, 0.717) is 6.42 Å². The molecule has 0 saturated heterocycles. The van der Waals surface area contributed by atoms with E-state index >= 15 is 0 Å². The number of rotatable bonds is 3. The summed E-state index contributed by atoms with van der Waals surface area (Å²) in [5.74, 6) is 0.0416. The van der Waals surface area contributed by atoms with E-state index in [1.807, 2.05) is 0 Å². The summed E-state index contributed by atoms with van der Waals surface area (Å²) in [4.78, 5) is 11.0. The molecule has 0 unspecified atom stereocenters. The summed E-state index contributed by atoms with van der Waals surface area (Å²) >= 11 is 0. The molecule has 0 aliphatic heterocycles. The highest BCUT2D eigenvalue weighted by molar-refractivity contribution is 5.81.